The Kier molecular flexibility index (Phi) is 3.56. The Morgan fingerprint density at radius 3 is 2.74 bits per heavy atom. The van der Waals surface area contributed by atoms with Crippen molar-refractivity contribution in [2.24, 2.45) is 5.92 Å². The molecule has 0 amide bonds. The van der Waals surface area contributed by atoms with Gasteiger partial charge >= 0.3 is 5.97 Å². The Bertz CT molecular complexity index is 350. The summed E-state index contributed by atoms with van der Waals surface area (Å²) in [6, 6.07) is 0.553. The molecule has 19 heavy (non-hydrogen) atoms. The van der Waals surface area contributed by atoms with E-state index in [4.69, 9.17) is 4.74 Å². The molecule has 108 valence electrons. The van der Waals surface area contributed by atoms with Crippen LogP contribution in [0.25, 0.3) is 0 Å². The maximum atomic E-state index is 12.2. The minimum atomic E-state index is 0.0788. The minimum Gasteiger partial charge on any atom is -0.466 e. The van der Waals surface area contributed by atoms with Crippen LogP contribution in [-0.4, -0.2) is 50.8 Å². The predicted octanol–water partition coefficient (Wildman–Crippen LogP) is -1.34. The van der Waals surface area contributed by atoms with Crippen molar-refractivity contribution in [1.29, 1.82) is 0 Å². The van der Waals surface area contributed by atoms with E-state index in [1.165, 1.54) is 45.3 Å². The Morgan fingerprint density at radius 2 is 2.05 bits per heavy atom. The molecule has 0 aromatic rings. The van der Waals surface area contributed by atoms with Crippen molar-refractivity contribution in [3.8, 4) is 0 Å². The van der Waals surface area contributed by atoms with Crippen molar-refractivity contribution in [1.82, 2.24) is 0 Å². The third-order valence-corrected chi connectivity index (χ3v) is 5.84. The molecule has 3 aliphatic rings. The van der Waals surface area contributed by atoms with Crippen LogP contribution in [0.15, 0.2) is 0 Å². The Balaban J connectivity index is 1.78. The van der Waals surface area contributed by atoms with E-state index < -0.39 is 0 Å². The van der Waals surface area contributed by atoms with E-state index in [0.29, 0.717) is 18.2 Å². The first-order chi connectivity index (χ1) is 9.16. The van der Waals surface area contributed by atoms with Crippen molar-refractivity contribution >= 4 is 5.97 Å². The molecular weight excluding hydrogens is 240 g/mol. The number of carbonyl (C=O) groups excluding carboxylic acids is 1. The third-order valence-electron chi connectivity index (χ3n) is 5.84. The van der Waals surface area contributed by atoms with Gasteiger partial charge in [-0.3, -0.25) is 4.79 Å². The Hall–Kier alpha value is -0.610. The first-order valence-electron chi connectivity index (χ1n) is 8.00. The molecule has 0 radical (unpaired) electrons. The van der Waals surface area contributed by atoms with Gasteiger partial charge in [0.25, 0.3) is 0 Å². The normalized spacial score (nSPS) is 45.4. The van der Waals surface area contributed by atoms with Crippen molar-refractivity contribution in [3.05, 3.63) is 0 Å². The Morgan fingerprint density at radius 1 is 1.32 bits per heavy atom. The standard InChI is InChI=1S/C15H26N2O2/c1-3-19-14(18)12-11-15(6-9-16(2)10-7-15)17-8-4-5-13(12)17/h12-13H,3-11H2,1-2H3/p+2/t12-,13+/m0/s1. The van der Waals surface area contributed by atoms with Crippen LogP contribution >= 0.6 is 0 Å². The van der Waals surface area contributed by atoms with Crippen molar-refractivity contribution < 1.29 is 19.3 Å². The van der Waals surface area contributed by atoms with Crippen LogP contribution < -0.4 is 9.80 Å². The molecule has 3 aliphatic heterocycles. The van der Waals surface area contributed by atoms with Crippen LogP contribution in [0.1, 0.15) is 39.0 Å². The number of likely N-dealkylation sites (tertiary alicyclic amines) is 1. The van der Waals surface area contributed by atoms with E-state index in [1.54, 1.807) is 9.80 Å². The molecule has 4 nitrogen and oxygen atoms in total. The van der Waals surface area contributed by atoms with Gasteiger partial charge in [0.1, 0.15) is 17.5 Å². The first kappa shape index (κ1) is 13.4. The summed E-state index contributed by atoms with van der Waals surface area (Å²) in [6.45, 7) is 6.26. The van der Waals surface area contributed by atoms with Crippen LogP contribution in [0.5, 0.6) is 0 Å². The molecule has 0 saturated carbocycles. The van der Waals surface area contributed by atoms with E-state index in [9.17, 15) is 4.79 Å². The monoisotopic (exact) mass is 268 g/mol. The van der Waals surface area contributed by atoms with Gasteiger partial charge in [0.15, 0.2) is 0 Å². The summed E-state index contributed by atoms with van der Waals surface area (Å²) < 4.78 is 5.33. The predicted molar refractivity (Wildman–Crippen MR) is 72.2 cm³/mol. The zero-order valence-electron chi connectivity index (χ0n) is 12.3. The van der Waals surface area contributed by atoms with Gasteiger partial charge in [-0.2, -0.15) is 0 Å². The number of hydrogen-bond donors (Lipinski definition) is 2. The molecule has 4 heteroatoms. The molecule has 0 aromatic carbocycles. The summed E-state index contributed by atoms with van der Waals surface area (Å²) in [5, 5.41) is 0. The molecule has 3 heterocycles. The fourth-order valence-electron chi connectivity index (χ4n) is 4.85. The van der Waals surface area contributed by atoms with Crippen molar-refractivity contribution in [2.45, 2.75) is 50.6 Å². The van der Waals surface area contributed by atoms with Crippen molar-refractivity contribution in [3.63, 3.8) is 0 Å². The van der Waals surface area contributed by atoms with E-state index >= 15 is 0 Å². The first-order valence-corrected chi connectivity index (χ1v) is 8.00. The molecule has 3 fully saturated rings. The highest BCUT2D eigenvalue weighted by atomic mass is 16.5. The molecule has 1 spiro atoms. The summed E-state index contributed by atoms with van der Waals surface area (Å²) in [5.74, 6) is 0.255. The second-order valence-electron chi connectivity index (χ2n) is 6.82. The highest BCUT2D eigenvalue weighted by Crippen LogP contribution is 2.34. The fourth-order valence-corrected chi connectivity index (χ4v) is 4.85. The zero-order chi connectivity index (χ0) is 13.5. The minimum absolute atomic E-state index is 0.0788. The fraction of sp³-hybridized carbons (Fsp3) is 0.933. The number of carbonyl (C=O) groups is 1. The average Bonchev–Trinajstić information content (AvgIpc) is 2.97. The van der Waals surface area contributed by atoms with Gasteiger partial charge in [-0.15, -0.1) is 0 Å². The maximum Gasteiger partial charge on any atom is 0.315 e. The molecule has 3 saturated heterocycles. The molecule has 3 rings (SSSR count). The SMILES string of the molecule is CCOC(=O)[C@H]1CC2(CC[NH+](C)CC2)[NH+]2CCC[C@H]12. The summed E-state index contributed by atoms with van der Waals surface area (Å²) in [7, 11) is 2.29. The van der Waals surface area contributed by atoms with E-state index in [0.717, 1.165) is 6.42 Å². The van der Waals surface area contributed by atoms with Crippen LogP contribution in [0.4, 0.5) is 0 Å². The van der Waals surface area contributed by atoms with Gasteiger partial charge in [0, 0.05) is 19.3 Å². The number of piperidine rings is 1. The van der Waals surface area contributed by atoms with E-state index in [-0.39, 0.29) is 11.9 Å². The van der Waals surface area contributed by atoms with Crippen LogP contribution in [0.2, 0.25) is 0 Å². The average molecular weight is 268 g/mol. The highest BCUT2D eigenvalue weighted by molar-refractivity contribution is 5.73. The van der Waals surface area contributed by atoms with Gasteiger partial charge in [-0.25, -0.2) is 0 Å². The second kappa shape index (κ2) is 5.06. The second-order valence-corrected chi connectivity index (χ2v) is 6.82. The summed E-state index contributed by atoms with van der Waals surface area (Å²) in [4.78, 5) is 15.6. The highest BCUT2D eigenvalue weighted by Gasteiger charge is 2.60. The summed E-state index contributed by atoms with van der Waals surface area (Å²) >= 11 is 0. The molecule has 0 aliphatic carbocycles. The number of quaternary nitrogens is 2. The van der Waals surface area contributed by atoms with E-state index in [1.807, 2.05) is 6.92 Å². The van der Waals surface area contributed by atoms with Crippen LogP contribution in [-0.2, 0) is 9.53 Å². The van der Waals surface area contributed by atoms with Crippen LogP contribution in [0, 0.1) is 5.92 Å². The van der Waals surface area contributed by atoms with Gasteiger partial charge in [-0.05, 0) is 6.92 Å². The number of nitrogens with one attached hydrogen (secondary N) is 2. The van der Waals surface area contributed by atoms with Gasteiger partial charge in [0.2, 0.25) is 0 Å². The Labute approximate surface area is 116 Å². The topological polar surface area (TPSA) is 35.2 Å². The number of esters is 1. The lowest BCUT2D eigenvalue weighted by Gasteiger charge is -2.39. The third kappa shape index (κ3) is 2.19. The van der Waals surface area contributed by atoms with E-state index in [2.05, 4.69) is 7.05 Å². The quantitative estimate of drug-likeness (QED) is 0.608. The smallest absolute Gasteiger partial charge is 0.315 e. The molecule has 0 aromatic heterocycles. The van der Waals surface area contributed by atoms with Gasteiger partial charge in [0.05, 0.1) is 46.1 Å². The molecule has 0 bridgehead atoms. The van der Waals surface area contributed by atoms with Gasteiger partial charge in [-0.1, -0.05) is 0 Å². The number of fused-ring (bicyclic) bond motifs is 2. The zero-order valence-corrected chi connectivity index (χ0v) is 12.3. The molecular formula is C15H28N2O2+2. The summed E-state index contributed by atoms with van der Waals surface area (Å²) in [5.41, 5.74) is 0.401. The largest absolute Gasteiger partial charge is 0.466 e. The van der Waals surface area contributed by atoms with Crippen LogP contribution in [0.3, 0.4) is 0 Å². The molecule has 1 unspecified atom stereocenters. The number of hydrogen-bond acceptors (Lipinski definition) is 2. The molecule has 2 N–H and O–H groups in total. The number of ether oxygens (including phenoxy) is 1. The maximum absolute atomic E-state index is 12.2. The summed E-state index contributed by atoms with van der Waals surface area (Å²) in [6.07, 6.45) is 6.18. The lowest BCUT2D eigenvalue weighted by Crippen LogP contribution is -3.23. The molecule has 3 atom stereocenters. The van der Waals surface area contributed by atoms with Crippen molar-refractivity contribution in [2.75, 3.05) is 33.3 Å². The van der Waals surface area contributed by atoms with Gasteiger partial charge < -0.3 is 14.5 Å². The number of rotatable bonds is 2. The lowest BCUT2D eigenvalue weighted by molar-refractivity contribution is -0.973. The lowest BCUT2D eigenvalue weighted by atomic mass is 9.82.